The molecule has 0 aromatic rings. The molecule has 0 atom stereocenters. The summed E-state index contributed by atoms with van der Waals surface area (Å²) in [5.41, 5.74) is 0. The molecule has 0 aromatic carbocycles. The highest BCUT2D eigenvalue weighted by Gasteiger charge is 2.19. The van der Waals surface area contributed by atoms with E-state index < -0.39 is 0 Å². The molecule has 2 aliphatic rings. The van der Waals surface area contributed by atoms with E-state index in [4.69, 9.17) is 0 Å². The molecule has 1 saturated heterocycles. The Morgan fingerprint density at radius 1 is 1.22 bits per heavy atom. The first-order chi connectivity index (χ1) is 8.66. The predicted molar refractivity (Wildman–Crippen MR) is 71.6 cm³/mol. The zero-order valence-corrected chi connectivity index (χ0v) is 11.4. The molecule has 0 bridgehead atoms. The predicted octanol–water partition coefficient (Wildman–Crippen LogP) is -0.958. The summed E-state index contributed by atoms with van der Waals surface area (Å²) in [7, 11) is 4.11. The van der Waals surface area contributed by atoms with Crippen LogP contribution in [0, 0.1) is 0 Å². The Morgan fingerprint density at radius 2 is 1.94 bits per heavy atom. The molecule has 6 nitrogen and oxygen atoms in total. The minimum absolute atomic E-state index is 0.247. The van der Waals surface area contributed by atoms with Crippen LogP contribution in [0.15, 0.2) is 4.99 Å². The number of guanidine groups is 1. The summed E-state index contributed by atoms with van der Waals surface area (Å²) in [5, 5.41) is 3.23. The van der Waals surface area contributed by atoms with Crippen molar-refractivity contribution in [1.82, 2.24) is 20.0 Å². The van der Waals surface area contributed by atoms with Crippen LogP contribution in [0.4, 0.5) is 0 Å². The van der Waals surface area contributed by atoms with Gasteiger partial charge in [0.05, 0.1) is 6.54 Å². The summed E-state index contributed by atoms with van der Waals surface area (Å²) in [4.78, 5) is 22.6. The standard InChI is InChI=1S/C12H23N5O/c1-15-7-9-17(10-8-15)11(18)3-4-13-12-14-5-6-16(12)2/h3-10H2,1-2H3,(H,13,14). The minimum Gasteiger partial charge on any atom is -0.356 e. The van der Waals surface area contributed by atoms with Crippen molar-refractivity contribution in [3.05, 3.63) is 0 Å². The number of hydrogen-bond acceptors (Lipinski definition) is 5. The number of nitrogens with one attached hydrogen (secondary N) is 1. The first kappa shape index (κ1) is 13.1. The van der Waals surface area contributed by atoms with Crippen molar-refractivity contribution in [2.75, 3.05) is 59.9 Å². The van der Waals surface area contributed by atoms with Crippen LogP contribution in [0.3, 0.4) is 0 Å². The Morgan fingerprint density at radius 3 is 2.56 bits per heavy atom. The van der Waals surface area contributed by atoms with Crippen LogP contribution in [-0.2, 0) is 4.79 Å². The molecule has 1 fully saturated rings. The summed E-state index contributed by atoms with van der Waals surface area (Å²) in [6.07, 6.45) is 0.552. The van der Waals surface area contributed by atoms with Gasteiger partial charge in [0.25, 0.3) is 0 Å². The lowest BCUT2D eigenvalue weighted by Crippen LogP contribution is -2.48. The maximum absolute atomic E-state index is 12.0. The van der Waals surface area contributed by atoms with Gasteiger partial charge in [-0.25, -0.2) is 0 Å². The van der Waals surface area contributed by atoms with Crippen LogP contribution in [0.1, 0.15) is 6.42 Å². The lowest BCUT2D eigenvalue weighted by molar-refractivity contribution is -0.132. The summed E-state index contributed by atoms with van der Waals surface area (Å²) in [6, 6.07) is 0. The molecular weight excluding hydrogens is 230 g/mol. The zero-order valence-electron chi connectivity index (χ0n) is 11.4. The normalized spacial score (nSPS) is 21.1. The SMILES string of the molecule is CN1CCN(C(=O)CCNC2=NCCN2C)CC1. The van der Waals surface area contributed by atoms with E-state index in [1.165, 1.54) is 0 Å². The topological polar surface area (TPSA) is 51.2 Å². The van der Waals surface area contributed by atoms with E-state index in [-0.39, 0.29) is 5.91 Å². The first-order valence-electron chi connectivity index (χ1n) is 6.62. The van der Waals surface area contributed by atoms with Gasteiger partial charge in [0.1, 0.15) is 0 Å². The second kappa shape index (κ2) is 6.04. The third kappa shape index (κ3) is 3.35. The molecule has 0 saturated carbocycles. The molecule has 1 N–H and O–H groups in total. The molecule has 6 heteroatoms. The first-order valence-corrected chi connectivity index (χ1v) is 6.62. The van der Waals surface area contributed by atoms with E-state index >= 15 is 0 Å². The number of rotatable bonds is 3. The van der Waals surface area contributed by atoms with Gasteiger partial charge >= 0.3 is 0 Å². The fraction of sp³-hybridized carbons (Fsp3) is 0.833. The van der Waals surface area contributed by atoms with E-state index in [9.17, 15) is 4.79 Å². The third-order valence-corrected chi connectivity index (χ3v) is 3.54. The Balaban J connectivity index is 1.66. The lowest BCUT2D eigenvalue weighted by atomic mass is 10.3. The Kier molecular flexibility index (Phi) is 4.41. The van der Waals surface area contributed by atoms with Gasteiger partial charge in [0.2, 0.25) is 5.91 Å². The van der Waals surface area contributed by atoms with Crippen molar-refractivity contribution in [2.45, 2.75) is 6.42 Å². The van der Waals surface area contributed by atoms with Crippen molar-refractivity contribution in [3.63, 3.8) is 0 Å². The second-order valence-electron chi connectivity index (χ2n) is 4.99. The van der Waals surface area contributed by atoms with Crippen molar-refractivity contribution in [3.8, 4) is 0 Å². The summed E-state index contributed by atoms with van der Waals surface area (Å²) >= 11 is 0. The smallest absolute Gasteiger partial charge is 0.224 e. The molecular formula is C12H23N5O. The van der Waals surface area contributed by atoms with Crippen LogP contribution >= 0.6 is 0 Å². The number of aliphatic imine (C=N–C) groups is 1. The number of likely N-dealkylation sites (N-methyl/N-ethyl adjacent to an activating group) is 2. The van der Waals surface area contributed by atoms with Crippen LogP contribution in [0.5, 0.6) is 0 Å². The van der Waals surface area contributed by atoms with Gasteiger partial charge < -0.3 is 20.0 Å². The van der Waals surface area contributed by atoms with E-state index in [1.807, 2.05) is 11.9 Å². The van der Waals surface area contributed by atoms with Crippen LogP contribution < -0.4 is 5.32 Å². The molecule has 0 aromatic heterocycles. The fourth-order valence-corrected chi connectivity index (χ4v) is 2.22. The lowest BCUT2D eigenvalue weighted by Gasteiger charge is -2.32. The van der Waals surface area contributed by atoms with Gasteiger partial charge in [-0.1, -0.05) is 0 Å². The van der Waals surface area contributed by atoms with Crippen LogP contribution in [0.2, 0.25) is 0 Å². The maximum Gasteiger partial charge on any atom is 0.224 e. The molecule has 2 heterocycles. The van der Waals surface area contributed by atoms with Crippen molar-refractivity contribution >= 4 is 11.9 Å². The van der Waals surface area contributed by atoms with Crippen LogP contribution in [-0.4, -0.2) is 86.5 Å². The van der Waals surface area contributed by atoms with E-state index in [1.54, 1.807) is 0 Å². The molecule has 102 valence electrons. The number of hydrogen-bond donors (Lipinski definition) is 1. The molecule has 0 aliphatic carbocycles. The molecule has 0 unspecified atom stereocenters. The molecule has 0 spiro atoms. The maximum atomic E-state index is 12.0. The van der Waals surface area contributed by atoms with Gasteiger partial charge in [-0.3, -0.25) is 9.79 Å². The summed E-state index contributed by atoms with van der Waals surface area (Å²) in [5.74, 6) is 1.16. The summed E-state index contributed by atoms with van der Waals surface area (Å²) < 4.78 is 0. The van der Waals surface area contributed by atoms with Crippen molar-refractivity contribution in [2.24, 2.45) is 4.99 Å². The molecule has 1 amide bonds. The van der Waals surface area contributed by atoms with Gasteiger partial charge in [-0.15, -0.1) is 0 Å². The molecule has 2 aliphatic heterocycles. The van der Waals surface area contributed by atoms with Crippen LogP contribution in [0.25, 0.3) is 0 Å². The third-order valence-electron chi connectivity index (χ3n) is 3.54. The highest BCUT2D eigenvalue weighted by molar-refractivity contribution is 5.82. The molecule has 2 rings (SSSR count). The van der Waals surface area contributed by atoms with Gasteiger partial charge in [-0.05, 0) is 7.05 Å². The Hall–Kier alpha value is -1.30. The molecule has 0 radical (unpaired) electrons. The largest absolute Gasteiger partial charge is 0.356 e. The number of carbonyl (C=O) groups is 1. The highest BCUT2D eigenvalue weighted by Crippen LogP contribution is 2.02. The summed E-state index contributed by atoms with van der Waals surface area (Å²) in [6.45, 7) is 6.17. The van der Waals surface area contributed by atoms with E-state index in [0.29, 0.717) is 13.0 Å². The van der Waals surface area contributed by atoms with E-state index in [0.717, 1.165) is 45.2 Å². The van der Waals surface area contributed by atoms with Gasteiger partial charge in [-0.2, -0.15) is 0 Å². The number of carbonyl (C=O) groups excluding carboxylic acids is 1. The Labute approximate surface area is 109 Å². The number of nitrogens with zero attached hydrogens (tertiary/aromatic N) is 4. The number of amides is 1. The monoisotopic (exact) mass is 253 g/mol. The minimum atomic E-state index is 0.247. The average molecular weight is 253 g/mol. The zero-order chi connectivity index (χ0) is 13.0. The average Bonchev–Trinajstić information content (AvgIpc) is 2.76. The number of piperazine rings is 1. The van der Waals surface area contributed by atoms with E-state index in [2.05, 4.69) is 27.2 Å². The molecule has 18 heavy (non-hydrogen) atoms. The van der Waals surface area contributed by atoms with Gasteiger partial charge in [0.15, 0.2) is 5.96 Å². The van der Waals surface area contributed by atoms with Gasteiger partial charge in [0, 0.05) is 52.7 Å². The second-order valence-corrected chi connectivity index (χ2v) is 4.99. The highest BCUT2D eigenvalue weighted by atomic mass is 16.2. The Bertz CT molecular complexity index is 322. The quantitative estimate of drug-likeness (QED) is 0.704. The van der Waals surface area contributed by atoms with Crippen molar-refractivity contribution < 1.29 is 4.79 Å². The van der Waals surface area contributed by atoms with Crippen molar-refractivity contribution in [1.29, 1.82) is 0 Å². The fourth-order valence-electron chi connectivity index (χ4n) is 2.22.